The Labute approximate surface area is 252 Å². The number of carbonyl (C=O) groups is 4. The Bertz CT molecular complexity index is 999. The largest absolute Gasteiger partial charge is 0.444 e. The molecule has 0 bridgehead atoms. The second-order valence-corrected chi connectivity index (χ2v) is 12.5. The van der Waals surface area contributed by atoms with E-state index in [1.165, 1.54) is 0 Å². The first-order chi connectivity index (χ1) is 19.9. The van der Waals surface area contributed by atoms with Gasteiger partial charge in [-0.05, 0) is 64.0 Å². The van der Waals surface area contributed by atoms with Crippen molar-refractivity contribution in [1.82, 2.24) is 15.5 Å². The van der Waals surface area contributed by atoms with Crippen molar-refractivity contribution < 1.29 is 23.9 Å². The van der Waals surface area contributed by atoms with Crippen LogP contribution in [0.25, 0.3) is 0 Å². The van der Waals surface area contributed by atoms with E-state index in [0.717, 1.165) is 69.8 Å². The third-order valence-corrected chi connectivity index (χ3v) is 7.67. The predicted molar refractivity (Wildman–Crippen MR) is 166 cm³/mol. The Hall–Kier alpha value is -3.10. The number of carbonyl (C=O) groups excluding carboxylic acids is 4. The third kappa shape index (κ3) is 12.4. The molecule has 4 amide bonds. The van der Waals surface area contributed by atoms with Crippen LogP contribution in [-0.4, -0.2) is 52.9 Å². The molecule has 1 aliphatic carbocycles. The molecule has 236 valence electrons. The van der Waals surface area contributed by atoms with E-state index in [1.807, 2.05) is 24.3 Å². The van der Waals surface area contributed by atoms with Crippen LogP contribution in [0.1, 0.15) is 129 Å². The van der Waals surface area contributed by atoms with Crippen molar-refractivity contribution in [2.24, 2.45) is 5.73 Å². The molecule has 1 aliphatic rings. The fourth-order valence-corrected chi connectivity index (χ4v) is 5.38. The smallest absolute Gasteiger partial charge is 0.408 e. The van der Waals surface area contributed by atoms with Crippen molar-refractivity contribution in [3.8, 4) is 0 Å². The van der Waals surface area contributed by atoms with Crippen molar-refractivity contribution in [2.75, 3.05) is 6.54 Å². The summed E-state index contributed by atoms with van der Waals surface area (Å²) < 4.78 is 5.43. The highest BCUT2D eigenvalue weighted by molar-refractivity contribution is 5.92. The van der Waals surface area contributed by atoms with Crippen LogP contribution >= 0.6 is 0 Å². The molecular formula is C33H54N4O5. The molecule has 0 radical (unpaired) electrons. The number of nitrogens with two attached hydrogens (primary N) is 1. The van der Waals surface area contributed by atoms with Gasteiger partial charge in [0.2, 0.25) is 17.7 Å². The van der Waals surface area contributed by atoms with Crippen molar-refractivity contribution in [3.63, 3.8) is 0 Å². The maximum absolute atomic E-state index is 14.3. The van der Waals surface area contributed by atoms with Crippen molar-refractivity contribution in [1.29, 1.82) is 0 Å². The lowest BCUT2D eigenvalue weighted by atomic mass is 9.94. The van der Waals surface area contributed by atoms with Gasteiger partial charge >= 0.3 is 6.09 Å². The summed E-state index contributed by atoms with van der Waals surface area (Å²) in [6.07, 6.45) is 9.97. The van der Waals surface area contributed by atoms with E-state index in [0.29, 0.717) is 18.5 Å². The molecule has 9 nitrogen and oxygen atoms in total. The van der Waals surface area contributed by atoms with Gasteiger partial charge in [0.1, 0.15) is 17.7 Å². The minimum absolute atomic E-state index is 0.00544. The molecule has 9 heteroatoms. The summed E-state index contributed by atoms with van der Waals surface area (Å²) in [4.78, 5) is 54.5. The monoisotopic (exact) mass is 586 g/mol. The topological polar surface area (TPSA) is 131 Å². The van der Waals surface area contributed by atoms with E-state index in [-0.39, 0.29) is 24.8 Å². The second-order valence-electron chi connectivity index (χ2n) is 12.5. The van der Waals surface area contributed by atoms with E-state index >= 15 is 0 Å². The Morgan fingerprint density at radius 2 is 1.62 bits per heavy atom. The summed E-state index contributed by atoms with van der Waals surface area (Å²) in [7, 11) is 0. The molecule has 1 fully saturated rings. The lowest BCUT2D eigenvalue weighted by molar-refractivity contribution is -0.143. The van der Waals surface area contributed by atoms with Gasteiger partial charge in [-0.2, -0.15) is 0 Å². The van der Waals surface area contributed by atoms with Crippen LogP contribution in [0.15, 0.2) is 24.3 Å². The number of hydrogen-bond donors (Lipinski definition) is 3. The van der Waals surface area contributed by atoms with Gasteiger partial charge in [-0.15, -0.1) is 0 Å². The van der Waals surface area contributed by atoms with Crippen LogP contribution in [-0.2, 0) is 25.5 Å². The van der Waals surface area contributed by atoms with Gasteiger partial charge in [0.15, 0.2) is 0 Å². The van der Waals surface area contributed by atoms with Crippen molar-refractivity contribution in [2.45, 2.75) is 142 Å². The van der Waals surface area contributed by atoms with Crippen LogP contribution in [0.3, 0.4) is 0 Å². The minimum Gasteiger partial charge on any atom is -0.444 e. The van der Waals surface area contributed by atoms with E-state index in [4.69, 9.17) is 10.5 Å². The highest BCUT2D eigenvalue weighted by Crippen LogP contribution is 2.27. The molecule has 0 aromatic heterocycles. The number of nitrogens with zero attached hydrogens (tertiary/aromatic N) is 1. The SMILES string of the molecule is CCCCCCCN(C(=O)C(CCC(N)=O)NC(=O)OC(C)(C)C)C(C(=O)NC1CCCCC1)c1ccc(CC)cc1. The summed E-state index contributed by atoms with van der Waals surface area (Å²) in [5.74, 6) is -1.23. The van der Waals surface area contributed by atoms with E-state index in [9.17, 15) is 19.2 Å². The zero-order chi connectivity index (χ0) is 31.1. The average molecular weight is 587 g/mol. The van der Waals surface area contributed by atoms with Gasteiger partial charge in [-0.3, -0.25) is 14.4 Å². The van der Waals surface area contributed by atoms with Gasteiger partial charge in [0.25, 0.3) is 0 Å². The number of benzene rings is 1. The third-order valence-electron chi connectivity index (χ3n) is 7.67. The van der Waals surface area contributed by atoms with E-state index < -0.39 is 35.6 Å². The first-order valence-corrected chi connectivity index (χ1v) is 15.9. The number of alkyl carbamates (subject to hydrolysis) is 1. The molecule has 1 saturated carbocycles. The number of nitrogens with one attached hydrogen (secondary N) is 2. The van der Waals surface area contributed by atoms with Gasteiger partial charge in [-0.1, -0.05) is 83.1 Å². The van der Waals surface area contributed by atoms with Gasteiger partial charge in [0.05, 0.1) is 0 Å². The number of unbranched alkanes of at least 4 members (excludes halogenated alkanes) is 4. The average Bonchev–Trinajstić information content (AvgIpc) is 2.93. The van der Waals surface area contributed by atoms with Crippen LogP contribution in [0, 0.1) is 0 Å². The summed E-state index contributed by atoms with van der Waals surface area (Å²) >= 11 is 0. The number of aryl methyl sites for hydroxylation is 1. The summed E-state index contributed by atoms with van der Waals surface area (Å²) in [6, 6.07) is 5.92. The quantitative estimate of drug-likeness (QED) is 0.214. The summed E-state index contributed by atoms with van der Waals surface area (Å²) in [6.45, 7) is 9.76. The standard InChI is InChI=1S/C33H54N4O5/c1-6-8-9-10-14-23-37(31(40)27(21-22-28(34)38)36-32(41)42-33(3,4)5)29(25-19-17-24(7-2)18-20-25)30(39)35-26-15-12-11-13-16-26/h17-20,26-27,29H,6-16,21-23H2,1-5H3,(H2,34,38)(H,35,39)(H,36,41). The molecule has 4 N–H and O–H groups in total. The Kier molecular flexibility index (Phi) is 14.8. The van der Waals surface area contributed by atoms with Crippen molar-refractivity contribution in [3.05, 3.63) is 35.4 Å². The zero-order valence-corrected chi connectivity index (χ0v) is 26.5. The number of primary amides is 1. The zero-order valence-electron chi connectivity index (χ0n) is 26.5. The van der Waals surface area contributed by atoms with Gasteiger partial charge in [-0.25, -0.2) is 4.79 Å². The normalized spacial score (nSPS) is 15.4. The van der Waals surface area contributed by atoms with Crippen LogP contribution in [0.5, 0.6) is 0 Å². The number of amides is 4. The number of hydrogen-bond acceptors (Lipinski definition) is 5. The summed E-state index contributed by atoms with van der Waals surface area (Å²) in [5, 5.41) is 5.91. The summed E-state index contributed by atoms with van der Waals surface area (Å²) in [5.41, 5.74) is 6.51. The molecule has 0 aliphatic heterocycles. The molecule has 0 saturated heterocycles. The molecule has 0 spiro atoms. The van der Waals surface area contributed by atoms with Crippen LogP contribution in [0.4, 0.5) is 4.79 Å². The number of ether oxygens (including phenoxy) is 1. The lowest BCUT2D eigenvalue weighted by Gasteiger charge is -2.36. The highest BCUT2D eigenvalue weighted by Gasteiger charge is 2.37. The fraction of sp³-hybridized carbons (Fsp3) is 0.697. The first-order valence-electron chi connectivity index (χ1n) is 15.9. The molecule has 0 heterocycles. The maximum Gasteiger partial charge on any atom is 0.408 e. The molecule has 42 heavy (non-hydrogen) atoms. The number of rotatable bonds is 16. The first kappa shape index (κ1) is 35.1. The molecule has 1 aromatic carbocycles. The van der Waals surface area contributed by atoms with Crippen molar-refractivity contribution >= 4 is 23.8 Å². The molecular weight excluding hydrogens is 532 g/mol. The molecule has 2 atom stereocenters. The molecule has 1 aromatic rings. The van der Waals surface area contributed by atoms with E-state index in [1.54, 1.807) is 25.7 Å². The Morgan fingerprint density at radius 3 is 2.19 bits per heavy atom. The predicted octanol–water partition coefficient (Wildman–Crippen LogP) is 5.70. The maximum atomic E-state index is 14.3. The van der Waals surface area contributed by atoms with Crippen LogP contribution < -0.4 is 16.4 Å². The Balaban J connectivity index is 2.48. The van der Waals surface area contributed by atoms with Crippen LogP contribution in [0.2, 0.25) is 0 Å². The Morgan fingerprint density at radius 1 is 0.976 bits per heavy atom. The fourth-order valence-electron chi connectivity index (χ4n) is 5.38. The molecule has 2 rings (SSSR count). The molecule has 2 unspecified atom stereocenters. The minimum atomic E-state index is -1.08. The second kappa shape index (κ2) is 17.8. The van der Waals surface area contributed by atoms with E-state index in [2.05, 4.69) is 24.5 Å². The highest BCUT2D eigenvalue weighted by atomic mass is 16.6. The van der Waals surface area contributed by atoms with Gasteiger partial charge < -0.3 is 26.0 Å². The lowest BCUT2D eigenvalue weighted by Crippen LogP contribution is -2.54. The van der Waals surface area contributed by atoms with Gasteiger partial charge in [0, 0.05) is 19.0 Å².